The summed E-state index contributed by atoms with van der Waals surface area (Å²) in [5.41, 5.74) is 4.58. The largest absolute Gasteiger partial charge is 0.462 e. The van der Waals surface area contributed by atoms with Gasteiger partial charge in [0.25, 0.3) is 0 Å². The number of rotatable bonds is 8. The highest BCUT2D eigenvalue weighted by Crippen LogP contribution is 2.26. The molecule has 184 valence electrons. The number of hydrogen-bond donors (Lipinski definition) is 0. The molecule has 5 rings (SSSR count). The fourth-order valence-electron chi connectivity index (χ4n) is 4.14. The average Bonchev–Trinajstić information content (AvgIpc) is 3.24. The number of ether oxygens (including phenoxy) is 2. The first kappa shape index (κ1) is 24.0. The molecule has 0 spiro atoms. The van der Waals surface area contributed by atoms with Crippen molar-refractivity contribution in [1.82, 2.24) is 14.8 Å². The molecule has 0 atom stereocenters. The zero-order valence-corrected chi connectivity index (χ0v) is 20.8. The van der Waals surface area contributed by atoms with Crippen molar-refractivity contribution in [3.05, 3.63) is 119 Å². The zero-order valence-electron chi connectivity index (χ0n) is 20.8. The zero-order chi connectivity index (χ0) is 25.6. The van der Waals surface area contributed by atoms with Crippen LogP contribution in [-0.2, 0) is 11.3 Å². The molecule has 0 amide bonds. The Morgan fingerprint density at radius 2 is 1.57 bits per heavy atom. The van der Waals surface area contributed by atoms with Gasteiger partial charge in [0.2, 0.25) is 0 Å². The molecule has 0 N–H and O–H groups in total. The fraction of sp³-hybridized carbons (Fsp3) is 0.129. The van der Waals surface area contributed by atoms with Crippen LogP contribution in [0.2, 0.25) is 0 Å². The Hall–Kier alpha value is -4.71. The van der Waals surface area contributed by atoms with Crippen molar-refractivity contribution >= 4 is 29.2 Å². The number of carbonyl (C=O) groups is 1. The molecular formula is C31H27N3O3. The number of benzene rings is 3. The van der Waals surface area contributed by atoms with Gasteiger partial charge in [-0.1, -0.05) is 66.7 Å². The van der Waals surface area contributed by atoms with Crippen molar-refractivity contribution in [2.75, 3.05) is 6.61 Å². The summed E-state index contributed by atoms with van der Waals surface area (Å²) < 4.78 is 13.1. The highest BCUT2D eigenvalue weighted by Gasteiger charge is 2.20. The second-order valence-electron chi connectivity index (χ2n) is 8.56. The van der Waals surface area contributed by atoms with E-state index in [-0.39, 0.29) is 5.97 Å². The summed E-state index contributed by atoms with van der Waals surface area (Å²) in [4.78, 5) is 17.7. The molecule has 0 unspecified atom stereocenters. The van der Waals surface area contributed by atoms with Crippen LogP contribution in [0.15, 0.2) is 91.0 Å². The van der Waals surface area contributed by atoms with Gasteiger partial charge in [-0.3, -0.25) is 0 Å². The third-order valence-corrected chi connectivity index (χ3v) is 5.87. The molecule has 0 aliphatic heterocycles. The second kappa shape index (κ2) is 10.9. The number of nitrogens with zero attached hydrogens (tertiary/aromatic N) is 3. The summed E-state index contributed by atoms with van der Waals surface area (Å²) >= 11 is 0. The molecule has 2 aromatic heterocycles. The molecule has 0 radical (unpaired) electrons. The predicted molar refractivity (Wildman–Crippen MR) is 146 cm³/mol. The number of pyridine rings is 1. The van der Waals surface area contributed by atoms with E-state index in [0.29, 0.717) is 35.4 Å². The van der Waals surface area contributed by atoms with Gasteiger partial charge in [-0.05, 0) is 61.4 Å². The Morgan fingerprint density at radius 3 is 2.27 bits per heavy atom. The molecule has 0 bridgehead atoms. The molecule has 0 saturated carbocycles. The summed E-state index contributed by atoms with van der Waals surface area (Å²) in [6, 6.07) is 29.3. The smallest absolute Gasteiger partial charge is 0.339 e. The van der Waals surface area contributed by atoms with E-state index >= 15 is 0 Å². The van der Waals surface area contributed by atoms with E-state index in [1.54, 1.807) is 13.0 Å². The van der Waals surface area contributed by atoms with E-state index in [2.05, 4.69) is 0 Å². The lowest BCUT2D eigenvalue weighted by Crippen LogP contribution is -2.08. The number of esters is 1. The third-order valence-electron chi connectivity index (χ3n) is 5.87. The molecule has 0 fully saturated rings. The average molecular weight is 490 g/mol. The highest BCUT2D eigenvalue weighted by molar-refractivity contribution is 6.04. The van der Waals surface area contributed by atoms with Crippen molar-refractivity contribution in [3.63, 3.8) is 0 Å². The molecule has 37 heavy (non-hydrogen) atoms. The van der Waals surface area contributed by atoms with Crippen LogP contribution in [0.3, 0.4) is 0 Å². The number of carbonyl (C=O) groups excluding carboxylic acids is 1. The number of para-hydroxylation sites is 1. The molecule has 0 aliphatic rings. The summed E-state index contributed by atoms with van der Waals surface area (Å²) in [5, 5.41) is 5.44. The summed E-state index contributed by atoms with van der Waals surface area (Å²) in [5.74, 6) is 1.16. The van der Waals surface area contributed by atoms with Crippen molar-refractivity contribution in [2.45, 2.75) is 20.4 Å². The van der Waals surface area contributed by atoms with Gasteiger partial charge in [0.1, 0.15) is 11.5 Å². The fourth-order valence-corrected chi connectivity index (χ4v) is 4.14. The summed E-state index contributed by atoms with van der Waals surface area (Å²) in [6.45, 7) is 4.48. The van der Waals surface area contributed by atoms with Crippen LogP contribution < -0.4 is 4.74 Å². The first-order chi connectivity index (χ1) is 18.1. The number of fused-ring (bicyclic) bond motifs is 1. The van der Waals surface area contributed by atoms with Crippen molar-refractivity contribution in [2.24, 2.45) is 0 Å². The van der Waals surface area contributed by atoms with Crippen LogP contribution in [0.4, 0.5) is 0 Å². The quantitative estimate of drug-likeness (QED) is 0.221. The lowest BCUT2D eigenvalue weighted by molar-refractivity contribution is 0.0528. The third kappa shape index (κ3) is 5.59. The number of aromatic nitrogens is 3. The normalized spacial score (nSPS) is 11.2. The topological polar surface area (TPSA) is 66.2 Å². The minimum Gasteiger partial charge on any atom is -0.462 e. The maximum absolute atomic E-state index is 12.9. The standard InChI is InChI=1S/C31H27N3O3/c1-3-36-31(35)28-20-25(17-14-23-10-6-4-7-11-23)32-30-29(28)22(2)33-34(30)21-24-15-18-27(19-16-24)37-26-12-8-5-9-13-26/h4-20H,3,21H2,1-2H3/b17-14+. The number of aryl methyl sites for hydroxylation is 1. The molecule has 6 nitrogen and oxygen atoms in total. The summed E-state index contributed by atoms with van der Waals surface area (Å²) in [6.07, 6.45) is 3.88. The van der Waals surface area contributed by atoms with Gasteiger partial charge in [0, 0.05) is 0 Å². The van der Waals surface area contributed by atoms with Gasteiger partial charge < -0.3 is 9.47 Å². The maximum atomic E-state index is 12.9. The van der Waals surface area contributed by atoms with Gasteiger partial charge in [-0.2, -0.15) is 5.10 Å². The molecule has 6 heteroatoms. The SMILES string of the molecule is CCOC(=O)c1cc(/C=C/c2ccccc2)nc2c1c(C)nn2Cc1ccc(Oc2ccccc2)cc1. The van der Waals surface area contributed by atoms with Gasteiger partial charge >= 0.3 is 5.97 Å². The lowest BCUT2D eigenvalue weighted by atomic mass is 10.1. The lowest BCUT2D eigenvalue weighted by Gasteiger charge is -2.09. The van der Waals surface area contributed by atoms with Crippen LogP contribution in [0, 0.1) is 6.92 Å². The minimum absolute atomic E-state index is 0.294. The molecule has 5 aromatic rings. The van der Waals surface area contributed by atoms with Crippen LogP contribution in [0.1, 0.15) is 39.8 Å². The van der Waals surface area contributed by atoms with E-state index in [0.717, 1.165) is 28.3 Å². The van der Waals surface area contributed by atoms with E-state index in [1.807, 2.05) is 109 Å². The van der Waals surface area contributed by atoms with Crippen LogP contribution in [0.25, 0.3) is 23.2 Å². The summed E-state index contributed by atoms with van der Waals surface area (Å²) in [7, 11) is 0. The molecule has 3 aromatic carbocycles. The minimum atomic E-state index is -0.380. The first-order valence-corrected chi connectivity index (χ1v) is 12.2. The number of hydrogen-bond acceptors (Lipinski definition) is 5. The van der Waals surface area contributed by atoms with E-state index in [1.165, 1.54) is 0 Å². The monoisotopic (exact) mass is 489 g/mol. The Labute approximate surface area is 215 Å². The predicted octanol–water partition coefficient (Wildman–Crippen LogP) is 6.93. The Kier molecular flexibility index (Phi) is 7.08. The Balaban J connectivity index is 1.48. The second-order valence-corrected chi connectivity index (χ2v) is 8.56. The van der Waals surface area contributed by atoms with E-state index in [9.17, 15) is 4.79 Å². The van der Waals surface area contributed by atoms with Gasteiger partial charge in [0.05, 0.1) is 35.5 Å². The maximum Gasteiger partial charge on any atom is 0.339 e. The molecule has 2 heterocycles. The molecular weight excluding hydrogens is 462 g/mol. The van der Waals surface area contributed by atoms with Gasteiger partial charge in [-0.25, -0.2) is 14.5 Å². The Morgan fingerprint density at radius 1 is 0.892 bits per heavy atom. The van der Waals surface area contributed by atoms with Crippen LogP contribution >= 0.6 is 0 Å². The van der Waals surface area contributed by atoms with Gasteiger partial charge in [-0.15, -0.1) is 0 Å². The van der Waals surface area contributed by atoms with Crippen LogP contribution in [-0.4, -0.2) is 27.3 Å². The van der Waals surface area contributed by atoms with E-state index in [4.69, 9.17) is 19.6 Å². The van der Waals surface area contributed by atoms with Crippen molar-refractivity contribution in [3.8, 4) is 11.5 Å². The van der Waals surface area contributed by atoms with E-state index < -0.39 is 0 Å². The van der Waals surface area contributed by atoms with Gasteiger partial charge in [0.15, 0.2) is 5.65 Å². The van der Waals surface area contributed by atoms with Crippen LogP contribution in [0.5, 0.6) is 11.5 Å². The highest BCUT2D eigenvalue weighted by atomic mass is 16.5. The first-order valence-electron chi connectivity index (χ1n) is 12.2. The molecule has 0 saturated heterocycles. The van der Waals surface area contributed by atoms with Crippen molar-refractivity contribution < 1.29 is 14.3 Å². The van der Waals surface area contributed by atoms with Crippen molar-refractivity contribution in [1.29, 1.82) is 0 Å². The molecule has 0 aliphatic carbocycles. The Bertz CT molecular complexity index is 1540.